The average molecular weight is 326 g/mol. The van der Waals surface area contributed by atoms with Crippen molar-refractivity contribution < 1.29 is 14.3 Å². The lowest BCUT2D eigenvalue weighted by Crippen LogP contribution is -2.53. The Morgan fingerprint density at radius 1 is 1.59 bits per heavy atom. The molecular weight excluding hydrogens is 306 g/mol. The Balaban J connectivity index is 1.84. The fourth-order valence-corrected chi connectivity index (χ4v) is 3.25. The summed E-state index contributed by atoms with van der Waals surface area (Å²) >= 11 is 6.15. The van der Waals surface area contributed by atoms with Gasteiger partial charge in [-0.25, -0.2) is 0 Å². The van der Waals surface area contributed by atoms with E-state index in [2.05, 4.69) is 10.6 Å². The number of methoxy groups -OCH3 is 1. The fraction of sp³-hybridized carbons (Fsp3) is 0.533. The number of halogens is 1. The fourth-order valence-electron chi connectivity index (χ4n) is 3.02. The minimum atomic E-state index is -0.200. The highest BCUT2D eigenvalue weighted by atomic mass is 35.5. The predicted molar refractivity (Wildman–Crippen MR) is 84.6 cm³/mol. The maximum Gasteiger partial charge on any atom is 0.255 e. The van der Waals surface area contributed by atoms with Crippen molar-refractivity contribution in [1.29, 1.82) is 0 Å². The summed E-state index contributed by atoms with van der Waals surface area (Å²) < 4.78 is 11.0. The number of benzene rings is 1. The van der Waals surface area contributed by atoms with E-state index in [1.54, 1.807) is 13.2 Å². The van der Waals surface area contributed by atoms with Crippen LogP contribution in [0, 0.1) is 0 Å². The van der Waals surface area contributed by atoms with Gasteiger partial charge in [-0.2, -0.15) is 0 Å². The zero-order chi connectivity index (χ0) is 15.7. The number of piperidine rings is 1. The highest BCUT2D eigenvalue weighted by Crippen LogP contribution is 2.38. The van der Waals surface area contributed by atoms with E-state index in [9.17, 15) is 4.79 Å². The molecule has 1 aromatic rings. The van der Waals surface area contributed by atoms with Crippen molar-refractivity contribution in [2.75, 3.05) is 32.5 Å². The van der Waals surface area contributed by atoms with Crippen LogP contribution >= 0.6 is 11.6 Å². The first kappa shape index (κ1) is 15.4. The molecule has 2 heterocycles. The van der Waals surface area contributed by atoms with Gasteiger partial charge >= 0.3 is 0 Å². The number of fused-ring (bicyclic) bond motifs is 1. The van der Waals surface area contributed by atoms with E-state index in [4.69, 9.17) is 26.8 Å². The van der Waals surface area contributed by atoms with Crippen LogP contribution in [0.25, 0.3) is 0 Å². The van der Waals surface area contributed by atoms with Gasteiger partial charge in [-0.1, -0.05) is 11.6 Å². The molecule has 0 spiro atoms. The molecule has 6 nitrogen and oxygen atoms in total. The highest BCUT2D eigenvalue weighted by Gasteiger charge is 2.30. The van der Waals surface area contributed by atoms with Crippen molar-refractivity contribution >= 4 is 23.2 Å². The van der Waals surface area contributed by atoms with Gasteiger partial charge in [0.15, 0.2) is 0 Å². The summed E-state index contributed by atoms with van der Waals surface area (Å²) in [4.78, 5) is 12.6. The first-order valence-electron chi connectivity index (χ1n) is 7.40. The molecule has 120 valence electrons. The van der Waals surface area contributed by atoms with E-state index in [1.807, 2.05) is 0 Å². The van der Waals surface area contributed by atoms with E-state index in [-0.39, 0.29) is 18.1 Å². The molecule has 2 atom stereocenters. The van der Waals surface area contributed by atoms with Crippen molar-refractivity contribution in [2.45, 2.75) is 25.0 Å². The average Bonchev–Trinajstić information content (AvgIpc) is 3.01. The van der Waals surface area contributed by atoms with Crippen LogP contribution in [0.4, 0.5) is 5.69 Å². The largest absolute Gasteiger partial charge is 0.492 e. The summed E-state index contributed by atoms with van der Waals surface area (Å²) in [5.74, 6) is 0.358. The first-order valence-corrected chi connectivity index (χ1v) is 7.77. The third kappa shape index (κ3) is 2.74. The van der Waals surface area contributed by atoms with Crippen molar-refractivity contribution in [1.82, 2.24) is 10.6 Å². The zero-order valence-electron chi connectivity index (χ0n) is 12.4. The molecule has 4 N–H and O–H groups in total. The van der Waals surface area contributed by atoms with Gasteiger partial charge in [0.2, 0.25) is 0 Å². The SMILES string of the molecule is COC1CNCCC1NC(=O)c1cc(Cl)c(N)c2c1OCC2. The Labute approximate surface area is 134 Å². The molecule has 0 aromatic heterocycles. The lowest BCUT2D eigenvalue weighted by atomic mass is 10.0. The molecule has 0 radical (unpaired) electrons. The molecule has 0 saturated carbocycles. The Kier molecular flexibility index (Phi) is 4.42. The Morgan fingerprint density at radius 2 is 2.41 bits per heavy atom. The van der Waals surface area contributed by atoms with E-state index < -0.39 is 0 Å². The van der Waals surface area contributed by atoms with Gasteiger partial charge in [-0.3, -0.25) is 4.79 Å². The minimum Gasteiger partial charge on any atom is -0.492 e. The lowest BCUT2D eigenvalue weighted by molar-refractivity contribution is 0.0476. The molecule has 0 aliphatic carbocycles. The van der Waals surface area contributed by atoms with Crippen molar-refractivity contribution in [3.8, 4) is 5.75 Å². The third-order valence-corrected chi connectivity index (χ3v) is 4.57. The second-order valence-electron chi connectivity index (χ2n) is 5.57. The van der Waals surface area contributed by atoms with Gasteiger partial charge in [0.25, 0.3) is 5.91 Å². The number of rotatable bonds is 3. The van der Waals surface area contributed by atoms with Crippen molar-refractivity contribution in [3.05, 3.63) is 22.2 Å². The number of nitrogen functional groups attached to an aromatic ring is 1. The van der Waals surface area contributed by atoms with Gasteiger partial charge in [0.05, 0.1) is 35.0 Å². The lowest BCUT2D eigenvalue weighted by Gasteiger charge is -2.31. The zero-order valence-corrected chi connectivity index (χ0v) is 13.2. The van der Waals surface area contributed by atoms with Crippen LogP contribution in [-0.2, 0) is 11.2 Å². The Hall–Kier alpha value is -1.50. The molecule has 1 saturated heterocycles. The molecule has 22 heavy (non-hydrogen) atoms. The first-order chi connectivity index (χ1) is 10.6. The molecule has 2 aliphatic rings. The summed E-state index contributed by atoms with van der Waals surface area (Å²) in [7, 11) is 1.65. The number of ether oxygens (including phenoxy) is 2. The van der Waals surface area contributed by atoms with E-state index >= 15 is 0 Å². The summed E-state index contributed by atoms with van der Waals surface area (Å²) in [5, 5.41) is 6.67. The molecule has 0 bridgehead atoms. The number of carbonyl (C=O) groups is 1. The molecule has 1 fully saturated rings. The predicted octanol–water partition coefficient (Wildman–Crippen LogP) is 0.964. The maximum atomic E-state index is 12.6. The smallest absolute Gasteiger partial charge is 0.255 e. The summed E-state index contributed by atoms with van der Waals surface area (Å²) in [6, 6.07) is 1.55. The molecule has 1 amide bonds. The van der Waals surface area contributed by atoms with E-state index in [0.29, 0.717) is 35.1 Å². The van der Waals surface area contributed by atoms with Crippen LogP contribution in [0.5, 0.6) is 5.75 Å². The Morgan fingerprint density at radius 3 is 3.18 bits per heavy atom. The molecule has 2 unspecified atom stereocenters. The number of anilines is 1. The number of hydrogen-bond donors (Lipinski definition) is 3. The molecule has 3 rings (SSSR count). The van der Waals surface area contributed by atoms with Crippen LogP contribution in [0.1, 0.15) is 22.3 Å². The second-order valence-corrected chi connectivity index (χ2v) is 5.98. The van der Waals surface area contributed by atoms with E-state index in [0.717, 1.165) is 25.1 Å². The molecule has 1 aromatic carbocycles. The van der Waals surface area contributed by atoms with Gasteiger partial charge in [0.1, 0.15) is 5.75 Å². The second kappa shape index (κ2) is 6.32. The highest BCUT2D eigenvalue weighted by molar-refractivity contribution is 6.33. The summed E-state index contributed by atoms with van der Waals surface area (Å²) in [5.41, 5.74) is 7.73. The topological polar surface area (TPSA) is 85.6 Å². The minimum absolute atomic E-state index is 0.0351. The maximum absolute atomic E-state index is 12.6. The third-order valence-electron chi connectivity index (χ3n) is 4.26. The number of nitrogens with one attached hydrogen (secondary N) is 2. The van der Waals surface area contributed by atoms with Crippen molar-refractivity contribution in [3.63, 3.8) is 0 Å². The van der Waals surface area contributed by atoms with Crippen LogP contribution in [0.3, 0.4) is 0 Å². The van der Waals surface area contributed by atoms with Gasteiger partial charge < -0.3 is 25.8 Å². The monoisotopic (exact) mass is 325 g/mol. The number of hydrogen-bond acceptors (Lipinski definition) is 5. The standard InChI is InChI=1S/C15H20ClN3O3/c1-21-12-7-18-4-2-11(12)19-15(20)9-6-10(16)13(17)8-3-5-22-14(8)9/h6,11-12,18H,2-5,7,17H2,1H3,(H,19,20). The van der Waals surface area contributed by atoms with E-state index in [1.165, 1.54) is 0 Å². The van der Waals surface area contributed by atoms with Crippen LogP contribution < -0.4 is 21.1 Å². The number of amides is 1. The Bertz CT molecular complexity index is 594. The van der Waals surface area contributed by atoms with Crippen molar-refractivity contribution in [2.24, 2.45) is 0 Å². The van der Waals surface area contributed by atoms with Crippen LogP contribution in [0.2, 0.25) is 5.02 Å². The quantitative estimate of drug-likeness (QED) is 0.721. The number of carbonyl (C=O) groups excluding carboxylic acids is 1. The van der Waals surface area contributed by atoms with Crippen LogP contribution in [0.15, 0.2) is 6.07 Å². The van der Waals surface area contributed by atoms with Gasteiger partial charge in [-0.05, 0) is 19.0 Å². The normalized spacial score (nSPS) is 23.7. The van der Waals surface area contributed by atoms with Gasteiger partial charge in [-0.15, -0.1) is 0 Å². The van der Waals surface area contributed by atoms with Crippen LogP contribution in [-0.4, -0.2) is 44.9 Å². The van der Waals surface area contributed by atoms with Gasteiger partial charge in [0, 0.05) is 25.6 Å². The summed E-state index contributed by atoms with van der Waals surface area (Å²) in [6.45, 7) is 2.09. The number of nitrogens with two attached hydrogens (primary N) is 1. The molecule has 2 aliphatic heterocycles. The molecular formula is C15H20ClN3O3. The summed E-state index contributed by atoms with van der Waals surface area (Å²) in [6.07, 6.45) is 1.45. The molecule has 7 heteroatoms.